The second-order valence-electron chi connectivity index (χ2n) is 5.37. The molecule has 0 bridgehead atoms. The Morgan fingerprint density at radius 1 is 1.31 bits per heavy atom. The van der Waals surface area contributed by atoms with E-state index < -0.39 is 46.1 Å². The molecule has 11 heteroatoms. The van der Waals surface area contributed by atoms with Gasteiger partial charge in [-0.05, 0) is 43.0 Å². The van der Waals surface area contributed by atoms with Crippen LogP contribution in [0.25, 0.3) is 0 Å². The Labute approximate surface area is 154 Å². The van der Waals surface area contributed by atoms with Crippen LogP contribution in [0.3, 0.4) is 0 Å². The number of hydrogen-bond donors (Lipinski definition) is 2. The van der Waals surface area contributed by atoms with Crippen LogP contribution in [0.4, 0.5) is 17.6 Å². The van der Waals surface area contributed by atoms with Gasteiger partial charge >= 0.3 is 6.18 Å². The highest BCUT2D eigenvalue weighted by molar-refractivity contribution is 7.98. The summed E-state index contributed by atoms with van der Waals surface area (Å²) in [6, 6.07) is 1.06. The third-order valence-corrected chi connectivity index (χ3v) is 5.51. The van der Waals surface area contributed by atoms with Gasteiger partial charge in [-0.2, -0.15) is 24.9 Å². The van der Waals surface area contributed by atoms with E-state index in [-0.39, 0.29) is 17.7 Å². The minimum Gasteiger partial charge on any atom is -0.351 e. The van der Waals surface area contributed by atoms with E-state index in [0.29, 0.717) is 11.8 Å². The van der Waals surface area contributed by atoms with Gasteiger partial charge in [0.25, 0.3) is 0 Å². The molecule has 0 aliphatic heterocycles. The van der Waals surface area contributed by atoms with Crippen LogP contribution < -0.4 is 10.0 Å². The van der Waals surface area contributed by atoms with Crippen molar-refractivity contribution < 1.29 is 30.8 Å². The topological polar surface area (TPSA) is 75.3 Å². The van der Waals surface area contributed by atoms with E-state index in [0.717, 1.165) is 12.1 Å². The predicted octanol–water partition coefficient (Wildman–Crippen LogP) is 2.52. The molecule has 0 heterocycles. The van der Waals surface area contributed by atoms with Gasteiger partial charge < -0.3 is 5.32 Å². The molecule has 0 aromatic heterocycles. The van der Waals surface area contributed by atoms with Crippen molar-refractivity contribution in [2.45, 2.75) is 32.1 Å². The third kappa shape index (κ3) is 7.12. The third-order valence-electron chi connectivity index (χ3n) is 3.46. The summed E-state index contributed by atoms with van der Waals surface area (Å²) in [6.45, 7) is 0.900. The van der Waals surface area contributed by atoms with Gasteiger partial charge in [0.15, 0.2) is 0 Å². The number of amides is 1. The van der Waals surface area contributed by atoms with Gasteiger partial charge in [-0.25, -0.2) is 17.5 Å². The number of alkyl halides is 3. The molecule has 0 aliphatic carbocycles. The Bertz CT molecular complexity index is 724. The molecular formula is C15H20F4N2O3S2. The Hall–Kier alpha value is -1.33. The fraction of sp³-hybridized carbons (Fsp3) is 0.533. The molecule has 5 nitrogen and oxygen atoms in total. The van der Waals surface area contributed by atoms with Crippen molar-refractivity contribution in [1.82, 2.24) is 10.0 Å². The summed E-state index contributed by atoms with van der Waals surface area (Å²) >= 11 is 1.40. The first-order chi connectivity index (χ1) is 12.0. The summed E-state index contributed by atoms with van der Waals surface area (Å²) in [7, 11) is -3.66. The van der Waals surface area contributed by atoms with Crippen molar-refractivity contribution in [2.24, 2.45) is 0 Å². The van der Waals surface area contributed by atoms with Crippen LogP contribution in [0.15, 0.2) is 18.2 Å². The quantitative estimate of drug-likeness (QED) is 0.607. The van der Waals surface area contributed by atoms with Gasteiger partial charge in [0.2, 0.25) is 15.9 Å². The molecule has 2 N–H and O–H groups in total. The highest BCUT2D eigenvalue weighted by Crippen LogP contribution is 2.32. The van der Waals surface area contributed by atoms with Crippen LogP contribution in [0.5, 0.6) is 0 Å². The molecule has 1 aromatic carbocycles. The van der Waals surface area contributed by atoms with Crippen molar-refractivity contribution in [3.8, 4) is 0 Å². The number of benzene rings is 1. The molecule has 1 amide bonds. The molecule has 1 aromatic rings. The Morgan fingerprint density at radius 3 is 2.50 bits per heavy atom. The zero-order valence-electron chi connectivity index (χ0n) is 14.2. The summed E-state index contributed by atoms with van der Waals surface area (Å²) in [5.41, 5.74) is -1.50. The van der Waals surface area contributed by atoms with Crippen molar-refractivity contribution in [3.63, 3.8) is 0 Å². The average molecular weight is 416 g/mol. The maximum absolute atomic E-state index is 13.1. The number of halogens is 4. The SMILES string of the molecule is CCS(=O)(=O)NC(CCSC)C(=O)NCc1ccc(F)cc1C(F)(F)F. The van der Waals surface area contributed by atoms with Gasteiger partial charge in [0.05, 0.1) is 11.3 Å². The first-order valence-electron chi connectivity index (χ1n) is 7.62. The zero-order valence-corrected chi connectivity index (χ0v) is 15.8. The zero-order chi connectivity index (χ0) is 20.0. The van der Waals surface area contributed by atoms with E-state index in [1.54, 1.807) is 6.26 Å². The summed E-state index contributed by atoms with van der Waals surface area (Å²) in [5.74, 6) is -1.53. The Balaban J connectivity index is 2.91. The normalized spacial score (nSPS) is 13.5. The Kier molecular flexibility index (Phi) is 8.35. The summed E-state index contributed by atoms with van der Waals surface area (Å²) in [4.78, 5) is 12.2. The van der Waals surface area contributed by atoms with E-state index in [4.69, 9.17) is 0 Å². The molecule has 1 rings (SSSR count). The molecule has 1 atom stereocenters. The van der Waals surface area contributed by atoms with Crippen LogP contribution in [0.2, 0.25) is 0 Å². The lowest BCUT2D eigenvalue weighted by atomic mass is 10.1. The second-order valence-corrected chi connectivity index (χ2v) is 8.40. The summed E-state index contributed by atoms with van der Waals surface area (Å²) in [6.07, 6.45) is -2.82. The van der Waals surface area contributed by atoms with Crippen molar-refractivity contribution in [1.29, 1.82) is 0 Å². The lowest BCUT2D eigenvalue weighted by Gasteiger charge is -2.19. The van der Waals surface area contributed by atoms with Gasteiger partial charge in [-0.15, -0.1) is 0 Å². The smallest absolute Gasteiger partial charge is 0.351 e. The minimum atomic E-state index is -4.77. The lowest BCUT2D eigenvalue weighted by molar-refractivity contribution is -0.138. The summed E-state index contributed by atoms with van der Waals surface area (Å²) in [5, 5.41) is 2.29. The van der Waals surface area contributed by atoms with E-state index in [2.05, 4.69) is 10.0 Å². The highest BCUT2D eigenvalue weighted by Gasteiger charge is 2.34. The van der Waals surface area contributed by atoms with E-state index in [9.17, 15) is 30.8 Å². The molecular weight excluding hydrogens is 396 g/mol. The number of carbonyl (C=O) groups is 1. The van der Waals surface area contributed by atoms with E-state index in [1.165, 1.54) is 18.7 Å². The number of carbonyl (C=O) groups excluding carboxylic acids is 1. The minimum absolute atomic E-state index is 0.182. The molecule has 0 saturated carbocycles. The average Bonchev–Trinajstić information content (AvgIpc) is 2.56. The number of nitrogens with one attached hydrogen (secondary N) is 2. The number of sulfonamides is 1. The fourth-order valence-electron chi connectivity index (χ4n) is 2.05. The van der Waals surface area contributed by atoms with Crippen molar-refractivity contribution >= 4 is 27.7 Å². The van der Waals surface area contributed by atoms with Crippen LogP contribution in [-0.2, 0) is 27.5 Å². The standard InChI is InChI=1S/C15H20F4N2O3S2/c1-3-26(23,24)21-13(6-7-25-2)14(22)20-9-10-4-5-11(16)8-12(10)15(17,18)19/h4-5,8,13,21H,3,6-7,9H2,1-2H3,(H,20,22). The monoisotopic (exact) mass is 416 g/mol. The fourth-order valence-corrected chi connectivity index (χ4v) is 3.35. The van der Waals surface area contributed by atoms with Crippen LogP contribution in [0, 0.1) is 5.82 Å². The molecule has 0 fully saturated rings. The molecule has 0 radical (unpaired) electrons. The van der Waals surface area contributed by atoms with Crippen LogP contribution in [-0.4, -0.2) is 38.1 Å². The highest BCUT2D eigenvalue weighted by atomic mass is 32.2. The first-order valence-corrected chi connectivity index (χ1v) is 10.7. The van der Waals surface area contributed by atoms with E-state index in [1.807, 2.05) is 0 Å². The second kappa shape index (κ2) is 9.56. The number of hydrogen-bond acceptors (Lipinski definition) is 4. The Morgan fingerprint density at radius 2 is 1.96 bits per heavy atom. The van der Waals surface area contributed by atoms with Crippen molar-refractivity contribution in [3.05, 3.63) is 35.1 Å². The number of rotatable bonds is 9. The van der Waals surface area contributed by atoms with Crippen molar-refractivity contribution in [2.75, 3.05) is 17.8 Å². The largest absolute Gasteiger partial charge is 0.416 e. The van der Waals surface area contributed by atoms with Crippen LogP contribution in [0.1, 0.15) is 24.5 Å². The molecule has 148 valence electrons. The molecule has 0 aliphatic rings. The molecule has 1 unspecified atom stereocenters. The predicted molar refractivity (Wildman–Crippen MR) is 92.6 cm³/mol. The summed E-state index contributed by atoms with van der Waals surface area (Å²) < 4.78 is 77.6. The molecule has 0 saturated heterocycles. The molecule has 0 spiro atoms. The maximum Gasteiger partial charge on any atom is 0.416 e. The van der Waals surface area contributed by atoms with Gasteiger partial charge in [0.1, 0.15) is 11.9 Å². The number of thioether (sulfide) groups is 1. The van der Waals surface area contributed by atoms with Gasteiger partial charge in [-0.3, -0.25) is 4.79 Å². The maximum atomic E-state index is 13.1. The van der Waals surface area contributed by atoms with Crippen LogP contribution >= 0.6 is 11.8 Å². The lowest BCUT2D eigenvalue weighted by Crippen LogP contribution is -2.47. The van der Waals surface area contributed by atoms with Gasteiger partial charge in [-0.1, -0.05) is 6.07 Å². The van der Waals surface area contributed by atoms with Gasteiger partial charge in [0, 0.05) is 6.54 Å². The molecule has 26 heavy (non-hydrogen) atoms. The van der Waals surface area contributed by atoms with E-state index >= 15 is 0 Å². The first kappa shape index (κ1) is 22.7.